The first kappa shape index (κ1) is 15.8. The Morgan fingerprint density at radius 3 is 2.45 bits per heavy atom. The Bertz CT molecular complexity index is 770. The van der Waals surface area contributed by atoms with Crippen molar-refractivity contribution in [2.75, 3.05) is 0 Å². The van der Waals surface area contributed by atoms with E-state index in [1.165, 1.54) is 6.21 Å². The third kappa shape index (κ3) is 3.14. The molecule has 1 aliphatic rings. The first-order valence-corrected chi connectivity index (χ1v) is 8.76. The average Bonchev–Trinajstić information content (AvgIpc) is 2.48. The van der Waals surface area contributed by atoms with Crippen molar-refractivity contribution in [1.29, 1.82) is 0 Å². The molecule has 0 radical (unpaired) electrons. The monoisotopic (exact) mass is 485 g/mol. The molecule has 1 unspecified atom stereocenters. The van der Waals surface area contributed by atoms with Gasteiger partial charge < -0.3 is 9.94 Å². The topological polar surface area (TPSA) is 41.8 Å². The summed E-state index contributed by atoms with van der Waals surface area (Å²) in [6, 6.07) is 11.8. The number of hydrogen-bond donors (Lipinski definition) is 1. The van der Waals surface area contributed by atoms with Crippen molar-refractivity contribution in [2.24, 2.45) is 5.16 Å². The van der Waals surface area contributed by atoms with Gasteiger partial charge in [-0.25, -0.2) is 0 Å². The van der Waals surface area contributed by atoms with Gasteiger partial charge in [-0.1, -0.05) is 49.1 Å². The molecule has 0 saturated heterocycles. The lowest BCUT2D eigenvalue weighted by Gasteiger charge is -2.27. The molecule has 1 aliphatic heterocycles. The Kier molecular flexibility index (Phi) is 4.70. The smallest absolute Gasteiger partial charge is 0.151 e. The van der Waals surface area contributed by atoms with Gasteiger partial charge in [-0.2, -0.15) is 0 Å². The van der Waals surface area contributed by atoms with E-state index >= 15 is 0 Å². The van der Waals surface area contributed by atoms with Gasteiger partial charge in [0.15, 0.2) is 6.10 Å². The van der Waals surface area contributed by atoms with Crippen LogP contribution in [0.3, 0.4) is 0 Å². The molecule has 6 heteroatoms. The van der Waals surface area contributed by atoms with Gasteiger partial charge in [0.1, 0.15) is 5.75 Å². The van der Waals surface area contributed by atoms with Gasteiger partial charge in [0, 0.05) is 20.1 Å². The molecule has 0 bridgehead atoms. The summed E-state index contributed by atoms with van der Waals surface area (Å²) >= 11 is 10.4. The Morgan fingerprint density at radius 1 is 1.05 bits per heavy atom. The highest BCUT2D eigenvalue weighted by Gasteiger charge is 2.25. The molecule has 0 fully saturated rings. The standard InChI is InChI=1S/C16H10Br3NO2/c17-12-3-1-9(2-4-12)15-11(8-20-21)5-10-6-13(18)7-14(19)16(10)22-15/h1-8,15,21H/b20-8+. The minimum Gasteiger partial charge on any atom is -0.479 e. The maximum atomic E-state index is 8.93. The number of benzene rings is 2. The zero-order valence-corrected chi connectivity index (χ0v) is 15.9. The number of hydrogen-bond acceptors (Lipinski definition) is 3. The molecule has 1 atom stereocenters. The summed E-state index contributed by atoms with van der Waals surface area (Å²) in [7, 11) is 0. The van der Waals surface area contributed by atoms with Gasteiger partial charge in [-0.05, 0) is 51.8 Å². The second-order valence-corrected chi connectivity index (χ2v) is 7.43. The fourth-order valence-electron chi connectivity index (χ4n) is 2.32. The lowest BCUT2D eigenvalue weighted by atomic mass is 9.97. The lowest BCUT2D eigenvalue weighted by Crippen LogP contribution is -2.16. The van der Waals surface area contributed by atoms with Crippen LogP contribution in [0.1, 0.15) is 17.2 Å². The molecule has 22 heavy (non-hydrogen) atoms. The minimum absolute atomic E-state index is 0.325. The van der Waals surface area contributed by atoms with E-state index in [0.717, 1.165) is 35.9 Å². The number of oxime groups is 1. The van der Waals surface area contributed by atoms with E-state index in [-0.39, 0.29) is 6.10 Å². The first-order valence-electron chi connectivity index (χ1n) is 6.38. The molecular formula is C16H10Br3NO2. The average molecular weight is 488 g/mol. The van der Waals surface area contributed by atoms with Gasteiger partial charge in [-0.3, -0.25) is 0 Å². The van der Waals surface area contributed by atoms with Gasteiger partial charge in [0.05, 0.1) is 10.7 Å². The van der Waals surface area contributed by atoms with Crippen LogP contribution in [-0.4, -0.2) is 11.4 Å². The fraction of sp³-hybridized carbons (Fsp3) is 0.0625. The third-order valence-corrected chi connectivity index (χ3v) is 4.85. The van der Waals surface area contributed by atoms with Gasteiger partial charge >= 0.3 is 0 Å². The summed E-state index contributed by atoms with van der Waals surface area (Å²) in [5, 5.41) is 12.1. The summed E-state index contributed by atoms with van der Waals surface area (Å²) < 4.78 is 8.97. The number of halogens is 3. The Morgan fingerprint density at radius 2 is 1.77 bits per heavy atom. The third-order valence-electron chi connectivity index (χ3n) is 3.28. The Hall–Kier alpha value is -1.11. The van der Waals surface area contributed by atoms with E-state index in [4.69, 9.17) is 9.94 Å². The zero-order valence-electron chi connectivity index (χ0n) is 11.1. The highest BCUT2D eigenvalue weighted by Crippen LogP contribution is 2.42. The fourth-order valence-corrected chi connectivity index (χ4v) is 3.94. The molecule has 0 spiro atoms. The van der Waals surface area contributed by atoms with Crippen LogP contribution in [0.25, 0.3) is 6.08 Å². The van der Waals surface area contributed by atoms with Crippen molar-refractivity contribution < 1.29 is 9.94 Å². The molecule has 0 amide bonds. The number of fused-ring (bicyclic) bond motifs is 1. The first-order chi connectivity index (χ1) is 10.6. The quantitative estimate of drug-likeness (QED) is 0.323. The summed E-state index contributed by atoms with van der Waals surface area (Å²) in [5.74, 6) is 0.770. The number of nitrogens with zero attached hydrogens (tertiary/aromatic N) is 1. The number of ether oxygens (including phenoxy) is 1. The SMILES string of the molecule is O/N=C/C1=Cc2cc(Br)cc(Br)c2OC1c1ccc(Br)cc1. The minimum atomic E-state index is -0.325. The molecule has 3 rings (SSSR count). The number of rotatable bonds is 2. The normalized spacial score (nSPS) is 17.0. The van der Waals surface area contributed by atoms with Crippen LogP contribution in [0, 0.1) is 0 Å². The van der Waals surface area contributed by atoms with Crippen molar-refractivity contribution in [3.05, 3.63) is 66.5 Å². The van der Waals surface area contributed by atoms with Crippen LogP contribution in [0.4, 0.5) is 0 Å². The molecule has 0 aliphatic carbocycles. The maximum Gasteiger partial charge on any atom is 0.151 e. The Labute approximate surface area is 153 Å². The second-order valence-electron chi connectivity index (χ2n) is 4.74. The van der Waals surface area contributed by atoms with Crippen LogP contribution in [0.15, 0.2) is 60.5 Å². The summed E-state index contributed by atoms with van der Waals surface area (Å²) in [5.41, 5.74) is 2.68. The van der Waals surface area contributed by atoms with Crippen molar-refractivity contribution in [2.45, 2.75) is 6.10 Å². The second kappa shape index (κ2) is 6.56. The summed E-state index contributed by atoms with van der Waals surface area (Å²) in [4.78, 5) is 0. The largest absolute Gasteiger partial charge is 0.479 e. The van der Waals surface area contributed by atoms with E-state index < -0.39 is 0 Å². The van der Waals surface area contributed by atoms with Crippen molar-refractivity contribution in [3.63, 3.8) is 0 Å². The van der Waals surface area contributed by atoms with E-state index in [1.807, 2.05) is 42.5 Å². The van der Waals surface area contributed by atoms with E-state index in [1.54, 1.807) is 0 Å². The maximum absolute atomic E-state index is 8.93. The van der Waals surface area contributed by atoms with E-state index in [2.05, 4.69) is 52.9 Å². The highest BCUT2D eigenvalue weighted by molar-refractivity contribution is 9.11. The van der Waals surface area contributed by atoms with E-state index in [0.29, 0.717) is 0 Å². The van der Waals surface area contributed by atoms with Gasteiger partial charge in [-0.15, -0.1) is 0 Å². The molecule has 0 saturated carbocycles. The van der Waals surface area contributed by atoms with Crippen LogP contribution in [-0.2, 0) is 0 Å². The van der Waals surface area contributed by atoms with Crippen LogP contribution < -0.4 is 4.74 Å². The van der Waals surface area contributed by atoms with Crippen LogP contribution in [0.2, 0.25) is 0 Å². The van der Waals surface area contributed by atoms with Crippen LogP contribution >= 0.6 is 47.8 Å². The van der Waals surface area contributed by atoms with Crippen molar-refractivity contribution in [1.82, 2.24) is 0 Å². The summed E-state index contributed by atoms with van der Waals surface area (Å²) in [6.07, 6.45) is 3.04. The van der Waals surface area contributed by atoms with Gasteiger partial charge in [0.25, 0.3) is 0 Å². The Balaban J connectivity index is 2.11. The zero-order chi connectivity index (χ0) is 15.7. The molecule has 2 aromatic carbocycles. The molecule has 1 heterocycles. The summed E-state index contributed by atoms with van der Waals surface area (Å²) in [6.45, 7) is 0. The molecule has 112 valence electrons. The molecule has 0 aromatic heterocycles. The van der Waals surface area contributed by atoms with Crippen molar-refractivity contribution in [3.8, 4) is 5.75 Å². The van der Waals surface area contributed by atoms with Crippen molar-refractivity contribution >= 4 is 60.1 Å². The molecule has 2 aromatic rings. The predicted octanol–water partition coefficient (Wildman–Crippen LogP) is 5.95. The predicted molar refractivity (Wildman–Crippen MR) is 97.6 cm³/mol. The molecule has 1 N–H and O–H groups in total. The molecular weight excluding hydrogens is 478 g/mol. The lowest BCUT2D eigenvalue weighted by molar-refractivity contribution is 0.242. The van der Waals surface area contributed by atoms with Gasteiger partial charge in [0.2, 0.25) is 0 Å². The highest BCUT2D eigenvalue weighted by atomic mass is 79.9. The molecule has 3 nitrogen and oxygen atoms in total. The van der Waals surface area contributed by atoms with E-state index in [9.17, 15) is 0 Å². The van der Waals surface area contributed by atoms with Crippen LogP contribution in [0.5, 0.6) is 5.75 Å².